The summed E-state index contributed by atoms with van der Waals surface area (Å²) in [4.78, 5) is 17.4. The first-order valence-electron chi connectivity index (χ1n) is 5.67. The molecular formula is C12H17NOS. The van der Waals surface area contributed by atoms with Crippen molar-refractivity contribution in [2.24, 2.45) is 5.41 Å². The van der Waals surface area contributed by atoms with Gasteiger partial charge in [0.05, 0.1) is 5.51 Å². The first kappa shape index (κ1) is 10.8. The van der Waals surface area contributed by atoms with Crippen molar-refractivity contribution in [3.8, 4) is 0 Å². The highest BCUT2D eigenvalue weighted by Gasteiger charge is 2.38. The lowest BCUT2D eigenvalue weighted by atomic mass is 9.78. The number of Topliss-reactive ketones (excluding diaryl/α,β-unsaturated/α-hetero) is 1. The van der Waals surface area contributed by atoms with Gasteiger partial charge in [-0.2, -0.15) is 0 Å². The Morgan fingerprint density at radius 3 is 2.80 bits per heavy atom. The van der Waals surface area contributed by atoms with Gasteiger partial charge in [0.15, 0.2) is 0 Å². The number of carbonyl (C=O) groups excluding carboxylic acids is 1. The molecule has 1 aromatic heterocycles. The van der Waals surface area contributed by atoms with Crippen molar-refractivity contribution in [2.45, 2.75) is 45.4 Å². The third-order valence-electron chi connectivity index (χ3n) is 3.65. The molecule has 1 aromatic rings. The fourth-order valence-electron chi connectivity index (χ4n) is 2.56. The Hall–Kier alpha value is -0.700. The molecule has 0 atom stereocenters. The van der Waals surface area contributed by atoms with Crippen LogP contribution in [0.2, 0.25) is 0 Å². The van der Waals surface area contributed by atoms with E-state index in [2.05, 4.69) is 11.9 Å². The van der Waals surface area contributed by atoms with Crippen LogP contribution in [-0.4, -0.2) is 10.8 Å². The minimum Gasteiger partial charge on any atom is -0.299 e. The molecule has 0 N–H and O–H groups in total. The van der Waals surface area contributed by atoms with Gasteiger partial charge in [-0.3, -0.25) is 9.78 Å². The van der Waals surface area contributed by atoms with Crippen LogP contribution in [0.1, 0.15) is 43.9 Å². The van der Waals surface area contributed by atoms with Crippen molar-refractivity contribution in [1.29, 1.82) is 0 Å². The Morgan fingerprint density at radius 2 is 2.27 bits per heavy atom. The van der Waals surface area contributed by atoms with E-state index < -0.39 is 0 Å². The van der Waals surface area contributed by atoms with Crippen LogP contribution in [0.3, 0.4) is 0 Å². The molecule has 15 heavy (non-hydrogen) atoms. The summed E-state index contributed by atoms with van der Waals surface area (Å²) < 4.78 is 0. The van der Waals surface area contributed by atoms with E-state index in [1.165, 1.54) is 12.8 Å². The molecule has 0 radical (unpaired) electrons. The smallest absolute Gasteiger partial charge is 0.144 e. The maximum absolute atomic E-state index is 12.2. The fourth-order valence-corrected chi connectivity index (χ4v) is 3.15. The van der Waals surface area contributed by atoms with E-state index >= 15 is 0 Å². The van der Waals surface area contributed by atoms with Crippen LogP contribution in [-0.2, 0) is 11.2 Å². The van der Waals surface area contributed by atoms with Gasteiger partial charge in [-0.1, -0.05) is 19.8 Å². The van der Waals surface area contributed by atoms with Crippen LogP contribution in [0.5, 0.6) is 0 Å². The first-order valence-corrected chi connectivity index (χ1v) is 6.55. The third-order valence-corrected chi connectivity index (χ3v) is 4.43. The van der Waals surface area contributed by atoms with Gasteiger partial charge in [0.25, 0.3) is 0 Å². The zero-order chi connectivity index (χ0) is 10.7. The predicted octanol–water partition coefficient (Wildman–Crippen LogP) is 3.23. The summed E-state index contributed by atoms with van der Waals surface area (Å²) in [6.07, 6.45) is 8.07. The van der Waals surface area contributed by atoms with Crippen molar-refractivity contribution >= 4 is 17.1 Å². The molecule has 0 unspecified atom stereocenters. The molecule has 1 fully saturated rings. The number of aromatic nitrogens is 1. The fraction of sp³-hybridized carbons (Fsp3) is 0.667. The number of rotatable bonds is 4. The lowest BCUT2D eigenvalue weighted by Gasteiger charge is -2.25. The lowest BCUT2D eigenvalue weighted by Crippen LogP contribution is -2.28. The number of hydrogen-bond donors (Lipinski definition) is 0. The predicted molar refractivity (Wildman–Crippen MR) is 62.0 cm³/mol. The van der Waals surface area contributed by atoms with Crippen molar-refractivity contribution < 1.29 is 4.79 Å². The maximum atomic E-state index is 12.2. The van der Waals surface area contributed by atoms with Gasteiger partial charge in [0.2, 0.25) is 0 Å². The van der Waals surface area contributed by atoms with Crippen LogP contribution < -0.4 is 0 Å². The molecule has 1 aliphatic rings. The highest BCUT2D eigenvalue weighted by Crippen LogP contribution is 2.42. The molecule has 0 bridgehead atoms. The standard InChI is InChI=1S/C12H17NOS/c1-2-12(5-3-4-6-12)11(14)7-10-8-13-9-15-10/h8-9H,2-7H2,1H3. The van der Waals surface area contributed by atoms with Crippen molar-refractivity contribution in [2.75, 3.05) is 0 Å². The molecule has 1 aliphatic carbocycles. The summed E-state index contributed by atoms with van der Waals surface area (Å²) >= 11 is 1.59. The van der Waals surface area contributed by atoms with E-state index in [9.17, 15) is 4.79 Å². The van der Waals surface area contributed by atoms with Crippen LogP contribution in [0, 0.1) is 5.41 Å². The van der Waals surface area contributed by atoms with Gasteiger partial charge in [0.1, 0.15) is 5.78 Å². The molecule has 1 saturated carbocycles. The van der Waals surface area contributed by atoms with E-state index in [1.54, 1.807) is 16.8 Å². The second kappa shape index (κ2) is 4.44. The van der Waals surface area contributed by atoms with Gasteiger partial charge >= 0.3 is 0 Å². The number of hydrogen-bond acceptors (Lipinski definition) is 3. The number of carbonyl (C=O) groups is 1. The van der Waals surface area contributed by atoms with Crippen LogP contribution in [0.4, 0.5) is 0 Å². The first-order chi connectivity index (χ1) is 7.27. The molecule has 2 nitrogen and oxygen atoms in total. The van der Waals surface area contributed by atoms with E-state index in [1.807, 2.05) is 6.20 Å². The molecule has 82 valence electrons. The summed E-state index contributed by atoms with van der Waals surface area (Å²) in [7, 11) is 0. The largest absolute Gasteiger partial charge is 0.299 e. The highest BCUT2D eigenvalue weighted by atomic mass is 32.1. The molecule has 0 spiro atoms. The Morgan fingerprint density at radius 1 is 1.53 bits per heavy atom. The number of thiazole rings is 1. The summed E-state index contributed by atoms with van der Waals surface area (Å²) in [5, 5.41) is 0. The summed E-state index contributed by atoms with van der Waals surface area (Å²) in [6, 6.07) is 0. The van der Waals surface area contributed by atoms with E-state index in [4.69, 9.17) is 0 Å². The monoisotopic (exact) mass is 223 g/mol. The molecule has 0 saturated heterocycles. The Balaban J connectivity index is 2.06. The second-order valence-corrected chi connectivity index (χ2v) is 5.38. The van der Waals surface area contributed by atoms with Crippen LogP contribution >= 0.6 is 11.3 Å². The molecule has 1 heterocycles. The van der Waals surface area contributed by atoms with E-state index in [0.717, 1.165) is 24.1 Å². The minimum atomic E-state index is 0.00396. The normalized spacial score (nSPS) is 19.3. The third kappa shape index (κ3) is 2.12. The van der Waals surface area contributed by atoms with E-state index in [-0.39, 0.29) is 5.41 Å². The molecular weight excluding hydrogens is 206 g/mol. The molecule has 0 aliphatic heterocycles. The summed E-state index contributed by atoms with van der Waals surface area (Å²) in [5.41, 5.74) is 1.81. The molecule has 3 heteroatoms. The molecule has 0 aromatic carbocycles. The maximum Gasteiger partial charge on any atom is 0.144 e. The number of ketones is 1. The Labute approximate surface area is 94.7 Å². The zero-order valence-electron chi connectivity index (χ0n) is 9.16. The lowest BCUT2D eigenvalue weighted by molar-refractivity contribution is -0.128. The average Bonchev–Trinajstić information content (AvgIpc) is 2.87. The van der Waals surface area contributed by atoms with Crippen molar-refractivity contribution in [1.82, 2.24) is 4.98 Å². The van der Waals surface area contributed by atoms with E-state index in [0.29, 0.717) is 12.2 Å². The van der Waals surface area contributed by atoms with Gasteiger partial charge in [-0.15, -0.1) is 11.3 Å². The number of nitrogens with zero attached hydrogens (tertiary/aromatic N) is 1. The Bertz CT molecular complexity index is 325. The highest BCUT2D eigenvalue weighted by molar-refractivity contribution is 7.09. The van der Waals surface area contributed by atoms with Crippen molar-refractivity contribution in [3.05, 3.63) is 16.6 Å². The van der Waals surface area contributed by atoms with Gasteiger partial charge in [-0.25, -0.2) is 0 Å². The summed E-state index contributed by atoms with van der Waals surface area (Å²) in [6.45, 7) is 2.15. The summed E-state index contributed by atoms with van der Waals surface area (Å²) in [5.74, 6) is 0.437. The quantitative estimate of drug-likeness (QED) is 0.784. The zero-order valence-corrected chi connectivity index (χ0v) is 9.98. The minimum absolute atomic E-state index is 0.00396. The second-order valence-electron chi connectivity index (χ2n) is 4.41. The van der Waals surface area contributed by atoms with Crippen molar-refractivity contribution in [3.63, 3.8) is 0 Å². The van der Waals surface area contributed by atoms with Gasteiger partial charge in [-0.05, 0) is 19.3 Å². The van der Waals surface area contributed by atoms with Crippen LogP contribution in [0.25, 0.3) is 0 Å². The van der Waals surface area contributed by atoms with Gasteiger partial charge in [0, 0.05) is 22.9 Å². The Kier molecular flexibility index (Phi) is 3.19. The topological polar surface area (TPSA) is 30.0 Å². The van der Waals surface area contributed by atoms with Gasteiger partial charge < -0.3 is 0 Å². The molecule has 0 amide bonds. The SMILES string of the molecule is CCC1(C(=O)Cc2cncs2)CCCC1. The molecule has 2 rings (SSSR count). The van der Waals surface area contributed by atoms with Crippen LogP contribution in [0.15, 0.2) is 11.7 Å². The average molecular weight is 223 g/mol.